The maximum atomic E-state index is 5.11. The Morgan fingerprint density at radius 3 is 2.77 bits per heavy atom. The lowest BCUT2D eigenvalue weighted by atomic mass is 10.0. The van der Waals surface area contributed by atoms with Gasteiger partial charge in [0.15, 0.2) is 5.96 Å². The molecule has 1 aromatic heterocycles. The molecule has 0 aliphatic carbocycles. The molecule has 0 bridgehead atoms. The lowest BCUT2D eigenvalue weighted by Gasteiger charge is -2.19. The fraction of sp³-hybridized carbons (Fsp3) is 0.842. The Balaban J connectivity index is 2.46. The first-order chi connectivity index (χ1) is 12.6. The van der Waals surface area contributed by atoms with E-state index >= 15 is 0 Å². The number of aliphatic imine (C=N–C) groups is 1. The predicted octanol–water partition coefficient (Wildman–Crippen LogP) is 2.63. The van der Waals surface area contributed by atoms with Gasteiger partial charge < -0.3 is 19.9 Å². The number of nitrogens with one attached hydrogen (secondary N) is 2. The summed E-state index contributed by atoms with van der Waals surface area (Å²) in [7, 11) is 1.72. The number of methoxy groups -OCH3 is 1. The molecule has 0 amide bonds. The van der Waals surface area contributed by atoms with Crippen LogP contribution in [0.4, 0.5) is 0 Å². The van der Waals surface area contributed by atoms with Gasteiger partial charge in [0.25, 0.3) is 0 Å². The van der Waals surface area contributed by atoms with Crippen molar-refractivity contribution in [2.45, 2.75) is 72.4 Å². The minimum absolute atomic E-state index is 0.406. The van der Waals surface area contributed by atoms with E-state index in [1.807, 2.05) is 0 Å². The van der Waals surface area contributed by atoms with E-state index < -0.39 is 0 Å². The third kappa shape index (κ3) is 9.75. The van der Waals surface area contributed by atoms with Crippen LogP contribution in [0.1, 0.15) is 59.2 Å². The molecule has 0 aliphatic rings. The molecular formula is C19H38N6O. The normalized spacial score (nSPS) is 13.2. The minimum atomic E-state index is 0.406. The van der Waals surface area contributed by atoms with Gasteiger partial charge in [-0.05, 0) is 25.7 Å². The number of aryl methyl sites for hydroxylation is 1. The van der Waals surface area contributed by atoms with Crippen molar-refractivity contribution in [3.63, 3.8) is 0 Å². The third-order valence-electron chi connectivity index (χ3n) is 4.24. The number of nitrogens with zero attached hydrogens (tertiary/aromatic N) is 4. The first-order valence-corrected chi connectivity index (χ1v) is 9.97. The fourth-order valence-electron chi connectivity index (χ4n) is 2.72. The summed E-state index contributed by atoms with van der Waals surface area (Å²) in [6, 6.07) is 0.406. The van der Waals surface area contributed by atoms with E-state index in [-0.39, 0.29) is 0 Å². The summed E-state index contributed by atoms with van der Waals surface area (Å²) >= 11 is 0. The van der Waals surface area contributed by atoms with Crippen LogP contribution in [0.5, 0.6) is 0 Å². The summed E-state index contributed by atoms with van der Waals surface area (Å²) < 4.78 is 7.19. The van der Waals surface area contributed by atoms with Gasteiger partial charge in [-0.3, -0.25) is 4.99 Å². The van der Waals surface area contributed by atoms with Crippen LogP contribution in [0.3, 0.4) is 0 Å². The van der Waals surface area contributed by atoms with Gasteiger partial charge in [-0.2, -0.15) is 0 Å². The highest BCUT2D eigenvalue weighted by Crippen LogP contribution is 2.08. The van der Waals surface area contributed by atoms with Crippen LogP contribution >= 0.6 is 0 Å². The third-order valence-corrected chi connectivity index (χ3v) is 4.24. The van der Waals surface area contributed by atoms with Crippen molar-refractivity contribution >= 4 is 5.96 Å². The molecule has 2 N–H and O–H groups in total. The molecule has 1 unspecified atom stereocenters. The topological polar surface area (TPSA) is 76.4 Å². The Morgan fingerprint density at radius 1 is 1.27 bits per heavy atom. The molecular weight excluding hydrogens is 328 g/mol. The summed E-state index contributed by atoms with van der Waals surface area (Å²) in [5.74, 6) is 2.66. The van der Waals surface area contributed by atoms with Gasteiger partial charge in [-0.25, -0.2) is 0 Å². The molecule has 7 nitrogen and oxygen atoms in total. The summed E-state index contributed by atoms with van der Waals surface area (Å²) in [5, 5.41) is 15.1. The van der Waals surface area contributed by atoms with Crippen LogP contribution in [0.25, 0.3) is 0 Å². The summed E-state index contributed by atoms with van der Waals surface area (Å²) in [6.45, 7) is 12.0. The molecule has 1 heterocycles. The minimum Gasteiger partial charge on any atom is -0.385 e. The smallest absolute Gasteiger partial charge is 0.191 e. The van der Waals surface area contributed by atoms with Crippen molar-refractivity contribution in [2.24, 2.45) is 10.9 Å². The maximum absolute atomic E-state index is 5.11. The van der Waals surface area contributed by atoms with Gasteiger partial charge >= 0.3 is 0 Å². The second-order valence-electron chi connectivity index (χ2n) is 7.17. The average molecular weight is 367 g/mol. The highest BCUT2D eigenvalue weighted by molar-refractivity contribution is 5.80. The molecule has 1 aromatic rings. The van der Waals surface area contributed by atoms with Crippen molar-refractivity contribution in [2.75, 3.05) is 26.8 Å². The van der Waals surface area contributed by atoms with Gasteiger partial charge in [0.2, 0.25) is 0 Å². The van der Waals surface area contributed by atoms with Crippen molar-refractivity contribution in [1.82, 2.24) is 25.4 Å². The van der Waals surface area contributed by atoms with Crippen LogP contribution in [-0.4, -0.2) is 53.6 Å². The lowest BCUT2D eigenvalue weighted by Crippen LogP contribution is -2.43. The SMILES string of the molecule is CCc1nncn1CCNC(=NCCCOC)NC(C)CCCC(C)C. The van der Waals surface area contributed by atoms with Crippen molar-refractivity contribution in [3.05, 3.63) is 12.2 Å². The van der Waals surface area contributed by atoms with Gasteiger partial charge in [0.1, 0.15) is 12.2 Å². The highest BCUT2D eigenvalue weighted by atomic mass is 16.5. The van der Waals surface area contributed by atoms with Crippen LogP contribution in [0.15, 0.2) is 11.3 Å². The van der Waals surface area contributed by atoms with Gasteiger partial charge in [0, 0.05) is 45.8 Å². The Hall–Kier alpha value is -1.63. The number of rotatable bonds is 13. The van der Waals surface area contributed by atoms with E-state index in [2.05, 4.69) is 58.1 Å². The molecule has 0 radical (unpaired) electrons. The molecule has 150 valence electrons. The van der Waals surface area contributed by atoms with Crippen molar-refractivity contribution < 1.29 is 4.74 Å². The molecule has 1 atom stereocenters. The van der Waals surface area contributed by atoms with E-state index in [4.69, 9.17) is 4.74 Å². The van der Waals surface area contributed by atoms with Gasteiger partial charge in [-0.1, -0.05) is 33.6 Å². The molecule has 1 rings (SSSR count). The molecule has 0 spiro atoms. The molecule has 0 fully saturated rings. The zero-order chi connectivity index (χ0) is 19.2. The lowest BCUT2D eigenvalue weighted by molar-refractivity contribution is 0.197. The van der Waals surface area contributed by atoms with Crippen LogP contribution in [0, 0.1) is 5.92 Å². The maximum Gasteiger partial charge on any atom is 0.191 e. The zero-order valence-electron chi connectivity index (χ0n) is 17.3. The number of hydrogen-bond acceptors (Lipinski definition) is 4. The van der Waals surface area contributed by atoms with Crippen LogP contribution in [0.2, 0.25) is 0 Å². The zero-order valence-corrected chi connectivity index (χ0v) is 17.3. The second kappa shape index (κ2) is 13.6. The van der Waals surface area contributed by atoms with Crippen LogP contribution in [-0.2, 0) is 17.7 Å². The number of hydrogen-bond donors (Lipinski definition) is 2. The number of aromatic nitrogens is 3. The van der Waals surface area contributed by atoms with Crippen LogP contribution < -0.4 is 10.6 Å². The van der Waals surface area contributed by atoms with E-state index in [1.54, 1.807) is 13.4 Å². The number of guanidine groups is 1. The summed E-state index contributed by atoms with van der Waals surface area (Å²) in [6.07, 6.45) is 7.27. The molecule has 7 heteroatoms. The average Bonchev–Trinajstić information content (AvgIpc) is 3.05. The molecule has 0 aromatic carbocycles. The first-order valence-electron chi connectivity index (χ1n) is 9.97. The van der Waals surface area contributed by atoms with Crippen molar-refractivity contribution in [1.29, 1.82) is 0 Å². The summed E-state index contributed by atoms with van der Waals surface area (Å²) in [4.78, 5) is 4.68. The van der Waals surface area contributed by atoms with E-state index in [0.29, 0.717) is 6.04 Å². The standard InChI is InChI=1S/C19H38N6O/c1-6-18-24-22-15-25(18)13-12-21-19(20-11-8-14-26-5)23-17(4)10-7-9-16(2)3/h15-17H,6-14H2,1-5H3,(H2,20,21,23). The quantitative estimate of drug-likeness (QED) is 0.319. The van der Waals surface area contributed by atoms with Gasteiger partial charge in [0.05, 0.1) is 0 Å². The predicted molar refractivity (Wildman–Crippen MR) is 107 cm³/mol. The molecule has 0 aliphatic heterocycles. The molecule has 0 saturated carbocycles. The largest absolute Gasteiger partial charge is 0.385 e. The fourth-order valence-corrected chi connectivity index (χ4v) is 2.72. The first kappa shape index (κ1) is 22.4. The molecule has 0 saturated heterocycles. The second-order valence-corrected chi connectivity index (χ2v) is 7.17. The monoisotopic (exact) mass is 366 g/mol. The van der Waals surface area contributed by atoms with Crippen molar-refractivity contribution in [3.8, 4) is 0 Å². The van der Waals surface area contributed by atoms with Gasteiger partial charge in [-0.15, -0.1) is 10.2 Å². The highest BCUT2D eigenvalue weighted by Gasteiger charge is 2.07. The van der Waals surface area contributed by atoms with E-state index in [9.17, 15) is 0 Å². The van der Waals surface area contributed by atoms with E-state index in [1.165, 1.54) is 12.8 Å². The molecule has 26 heavy (non-hydrogen) atoms. The number of ether oxygens (including phenoxy) is 1. The Kier molecular flexibility index (Phi) is 11.7. The van der Waals surface area contributed by atoms with E-state index in [0.717, 1.165) is 63.2 Å². The Morgan fingerprint density at radius 2 is 2.08 bits per heavy atom. The summed E-state index contributed by atoms with van der Waals surface area (Å²) in [5.41, 5.74) is 0. The Labute approximate surface area is 159 Å². The Bertz CT molecular complexity index is 500.